The van der Waals surface area contributed by atoms with Crippen LogP contribution in [0.15, 0.2) is 35.1 Å². The summed E-state index contributed by atoms with van der Waals surface area (Å²) in [5.74, 6) is 0.410. The molecule has 0 atom stereocenters. The van der Waals surface area contributed by atoms with Crippen LogP contribution in [0.5, 0.6) is 0 Å². The van der Waals surface area contributed by atoms with Crippen LogP contribution in [0.2, 0.25) is 5.15 Å². The molecule has 88 valence electrons. The molecule has 1 N–H and O–H groups in total. The topological polar surface area (TPSA) is 55.1 Å². The Morgan fingerprint density at radius 2 is 2.35 bits per heavy atom. The second-order valence-electron chi connectivity index (χ2n) is 3.41. The van der Waals surface area contributed by atoms with Crippen molar-refractivity contribution in [1.82, 2.24) is 4.98 Å². The van der Waals surface area contributed by atoms with Crippen molar-refractivity contribution in [2.45, 2.75) is 13.3 Å². The third-order valence-electron chi connectivity index (χ3n) is 2.32. The summed E-state index contributed by atoms with van der Waals surface area (Å²) in [6.07, 6.45) is 3.72. The maximum Gasteiger partial charge on any atom is 0.259 e. The van der Waals surface area contributed by atoms with Gasteiger partial charge in [0.05, 0.1) is 17.5 Å². The van der Waals surface area contributed by atoms with Crippen LogP contribution in [-0.2, 0) is 6.42 Å². The summed E-state index contributed by atoms with van der Waals surface area (Å²) in [5.41, 5.74) is 1.01. The Bertz CT molecular complexity index is 537. The number of rotatable bonds is 3. The minimum Gasteiger partial charge on any atom is -0.469 e. The van der Waals surface area contributed by atoms with E-state index in [0.717, 1.165) is 0 Å². The van der Waals surface area contributed by atoms with E-state index < -0.39 is 0 Å². The van der Waals surface area contributed by atoms with Crippen LogP contribution in [0.4, 0.5) is 5.69 Å². The minimum absolute atomic E-state index is 0.245. The summed E-state index contributed by atoms with van der Waals surface area (Å²) >= 11 is 5.85. The van der Waals surface area contributed by atoms with Gasteiger partial charge in [0, 0.05) is 12.6 Å². The van der Waals surface area contributed by atoms with Gasteiger partial charge in [-0.2, -0.15) is 0 Å². The van der Waals surface area contributed by atoms with E-state index in [-0.39, 0.29) is 11.1 Å². The Morgan fingerprint density at radius 3 is 3.06 bits per heavy atom. The van der Waals surface area contributed by atoms with Crippen molar-refractivity contribution in [2.24, 2.45) is 0 Å². The Morgan fingerprint density at radius 1 is 1.53 bits per heavy atom. The number of amides is 1. The largest absolute Gasteiger partial charge is 0.469 e. The Balaban J connectivity index is 2.20. The summed E-state index contributed by atoms with van der Waals surface area (Å²) in [7, 11) is 0. The molecule has 2 aromatic heterocycles. The van der Waals surface area contributed by atoms with E-state index in [2.05, 4.69) is 10.3 Å². The quantitative estimate of drug-likeness (QED) is 0.852. The number of anilines is 1. The van der Waals surface area contributed by atoms with Crippen molar-refractivity contribution < 1.29 is 9.21 Å². The maximum absolute atomic E-state index is 11.9. The van der Waals surface area contributed by atoms with Gasteiger partial charge in [-0.05, 0) is 18.2 Å². The average Bonchev–Trinajstić information content (AvgIpc) is 2.80. The van der Waals surface area contributed by atoms with E-state index in [1.165, 1.54) is 6.26 Å². The van der Waals surface area contributed by atoms with Crippen molar-refractivity contribution >= 4 is 23.2 Å². The zero-order valence-electron chi connectivity index (χ0n) is 9.24. The number of halogens is 1. The normalized spacial score (nSPS) is 10.2. The van der Waals surface area contributed by atoms with Crippen molar-refractivity contribution in [1.29, 1.82) is 0 Å². The van der Waals surface area contributed by atoms with E-state index in [4.69, 9.17) is 16.0 Å². The molecule has 0 saturated heterocycles. The van der Waals surface area contributed by atoms with Gasteiger partial charge in [0.15, 0.2) is 5.15 Å². The molecule has 0 aromatic carbocycles. The van der Waals surface area contributed by atoms with Crippen molar-refractivity contribution in [3.63, 3.8) is 0 Å². The molecule has 4 nitrogen and oxygen atoms in total. The Kier molecular flexibility index (Phi) is 3.44. The van der Waals surface area contributed by atoms with Crippen LogP contribution in [0, 0.1) is 0 Å². The van der Waals surface area contributed by atoms with Crippen molar-refractivity contribution in [3.05, 3.63) is 47.1 Å². The zero-order valence-corrected chi connectivity index (χ0v) is 9.99. The molecule has 5 heteroatoms. The smallest absolute Gasteiger partial charge is 0.259 e. The lowest BCUT2D eigenvalue weighted by atomic mass is 10.2. The minimum atomic E-state index is -0.245. The van der Waals surface area contributed by atoms with Crippen molar-refractivity contribution in [2.75, 3.05) is 5.32 Å². The predicted octanol–water partition coefficient (Wildman–Crippen LogP) is 3.14. The van der Waals surface area contributed by atoms with Crippen LogP contribution in [-0.4, -0.2) is 10.9 Å². The summed E-state index contributed by atoms with van der Waals surface area (Å²) in [6.45, 7) is 1.92. The molecule has 2 aromatic rings. The Labute approximate surface area is 104 Å². The Hall–Kier alpha value is -1.81. The lowest BCUT2D eigenvalue weighted by Gasteiger charge is -2.05. The lowest BCUT2D eigenvalue weighted by molar-refractivity contribution is 0.102. The summed E-state index contributed by atoms with van der Waals surface area (Å²) in [6, 6.07) is 5.04. The van der Waals surface area contributed by atoms with E-state index in [1.807, 2.05) is 6.92 Å². The van der Waals surface area contributed by atoms with Crippen LogP contribution in [0.1, 0.15) is 23.0 Å². The molecule has 0 spiro atoms. The first-order valence-electron chi connectivity index (χ1n) is 5.20. The molecule has 1 amide bonds. The van der Waals surface area contributed by atoms with Gasteiger partial charge in [-0.15, -0.1) is 0 Å². The van der Waals surface area contributed by atoms with Crippen LogP contribution in [0.3, 0.4) is 0 Å². The maximum atomic E-state index is 11.9. The number of hydrogen-bond acceptors (Lipinski definition) is 3. The highest BCUT2D eigenvalue weighted by atomic mass is 35.5. The van der Waals surface area contributed by atoms with Crippen molar-refractivity contribution in [3.8, 4) is 0 Å². The molecular weight excluding hydrogens is 240 g/mol. The molecule has 0 unspecified atom stereocenters. The number of nitrogens with one attached hydrogen (secondary N) is 1. The number of aryl methyl sites for hydroxylation is 1. The van der Waals surface area contributed by atoms with Gasteiger partial charge in [-0.1, -0.05) is 18.5 Å². The van der Waals surface area contributed by atoms with Gasteiger partial charge < -0.3 is 9.73 Å². The molecule has 17 heavy (non-hydrogen) atoms. The molecule has 0 bridgehead atoms. The molecule has 0 aliphatic carbocycles. The number of furan rings is 1. The number of hydrogen-bond donors (Lipinski definition) is 1. The average molecular weight is 251 g/mol. The SMILES string of the molecule is CCc1occc1C(=O)Nc1cccnc1Cl. The molecule has 0 radical (unpaired) electrons. The standard InChI is InChI=1S/C12H11ClN2O2/c1-2-10-8(5-7-17-10)12(16)15-9-4-3-6-14-11(9)13/h3-7H,2H2,1H3,(H,15,16). The second-order valence-corrected chi connectivity index (χ2v) is 3.76. The number of carbonyl (C=O) groups excluding carboxylic acids is 1. The number of carbonyl (C=O) groups is 1. The molecule has 0 saturated carbocycles. The fraction of sp³-hybridized carbons (Fsp3) is 0.167. The fourth-order valence-corrected chi connectivity index (χ4v) is 1.65. The molecule has 0 fully saturated rings. The van der Waals surface area contributed by atoms with Gasteiger partial charge in [-0.3, -0.25) is 4.79 Å². The lowest BCUT2D eigenvalue weighted by Crippen LogP contribution is -2.13. The molecule has 2 heterocycles. The second kappa shape index (κ2) is 5.01. The zero-order chi connectivity index (χ0) is 12.3. The first-order chi connectivity index (χ1) is 8.22. The predicted molar refractivity (Wildman–Crippen MR) is 65.3 cm³/mol. The molecule has 0 aliphatic rings. The van der Waals surface area contributed by atoms with Gasteiger partial charge in [0.2, 0.25) is 0 Å². The highest BCUT2D eigenvalue weighted by Crippen LogP contribution is 2.19. The van der Waals surface area contributed by atoms with Crippen LogP contribution < -0.4 is 5.32 Å². The van der Waals surface area contributed by atoms with Gasteiger partial charge in [0.25, 0.3) is 5.91 Å². The molecular formula is C12H11ClN2O2. The van der Waals surface area contributed by atoms with Gasteiger partial charge in [0.1, 0.15) is 5.76 Å². The first kappa shape index (κ1) is 11.7. The molecule has 2 rings (SSSR count). The highest BCUT2D eigenvalue weighted by molar-refractivity contribution is 6.32. The monoisotopic (exact) mass is 250 g/mol. The van der Waals surface area contributed by atoms with Gasteiger partial charge in [-0.25, -0.2) is 4.98 Å². The van der Waals surface area contributed by atoms with E-state index in [0.29, 0.717) is 23.4 Å². The van der Waals surface area contributed by atoms with Crippen LogP contribution >= 0.6 is 11.6 Å². The number of aromatic nitrogens is 1. The van der Waals surface area contributed by atoms with E-state index >= 15 is 0 Å². The van der Waals surface area contributed by atoms with E-state index in [9.17, 15) is 4.79 Å². The third-order valence-corrected chi connectivity index (χ3v) is 2.62. The van der Waals surface area contributed by atoms with Gasteiger partial charge >= 0.3 is 0 Å². The highest BCUT2D eigenvalue weighted by Gasteiger charge is 2.14. The summed E-state index contributed by atoms with van der Waals surface area (Å²) in [5, 5.41) is 2.96. The molecule has 0 aliphatic heterocycles. The number of nitrogens with zero attached hydrogens (tertiary/aromatic N) is 1. The van der Waals surface area contributed by atoms with Crippen LogP contribution in [0.25, 0.3) is 0 Å². The summed E-state index contributed by atoms with van der Waals surface area (Å²) < 4.78 is 5.19. The number of pyridine rings is 1. The fourth-order valence-electron chi connectivity index (χ4n) is 1.49. The van der Waals surface area contributed by atoms with E-state index in [1.54, 1.807) is 24.4 Å². The first-order valence-corrected chi connectivity index (χ1v) is 5.58. The summed E-state index contributed by atoms with van der Waals surface area (Å²) in [4.78, 5) is 15.8. The third kappa shape index (κ3) is 2.47.